The first kappa shape index (κ1) is 20.4. The Kier molecular flexibility index (Phi) is 6.43. The van der Waals surface area contributed by atoms with Gasteiger partial charge >= 0.3 is 0 Å². The largest absolute Gasteiger partial charge is 0.351 e. The third kappa shape index (κ3) is 4.76. The van der Waals surface area contributed by atoms with Crippen LogP contribution in [-0.2, 0) is 21.4 Å². The molecule has 3 rings (SSSR count). The molecule has 0 aromatic heterocycles. The Morgan fingerprint density at radius 3 is 2.25 bits per heavy atom. The zero-order valence-electron chi connectivity index (χ0n) is 15.7. The van der Waals surface area contributed by atoms with Gasteiger partial charge in [-0.05, 0) is 36.8 Å². The topological polar surface area (TPSA) is 69.7 Å². The van der Waals surface area contributed by atoms with Crippen LogP contribution in [0.25, 0.3) is 0 Å². The average Bonchev–Trinajstić information content (AvgIpc) is 2.72. The van der Waals surface area contributed by atoms with Gasteiger partial charge in [0, 0.05) is 32.7 Å². The van der Waals surface area contributed by atoms with Crippen molar-refractivity contribution in [2.24, 2.45) is 0 Å². The first-order valence-corrected chi connectivity index (χ1v) is 10.6. The van der Waals surface area contributed by atoms with Gasteiger partial charge < -0.3 is 5.32 Å². The highest BCUT2D eigenvalue weighted by Crippen LogP contribution is 2.19. The minimum absolute atomic E-state index is 0.0796. The number of sulfonamides is 1. The molecule has 150 valence electrons. The van der Waals surface area contributed by atoms with Crippen LogP contribution in [0.3, 0.4) is 0 Å². The lowest BCUT2D eigenvalue weighted by Gasteiger charge is -2.36. The van der Waals surface area contributed by atoms with E-state index in [0.717, 1.165) is 17.7 Å². The van der Waals surface area contributed by atoms with Crippen LogP contribution in [0.15, 0.2) is 59.5 Å². The van der Waals surface area contributed by atoms with E-state index >= 15 is 0 Å². The van der Waals surface area contributed by atoms with Crippen LogP contribution in [0.2, 0.25) is 0 Å². The van der Waals surface area contributed by atoms with Crippen molar-refractivity contribution in [2.75, 3.05) is 26.2 Å². The number of piperazine rings is 1. The van der Waals surface area contributed by atoms with Crippen LogP contribution >= 0.6 is 0 Å². The van der Waals surface area contributed by atoms with E-state index in [1.54, 1.807) is 0 Å². The van der Waals surface area contributed by atoms with Gasteiger partial charge in [0.25, 0.3) is 0 Å². The maximum Gasteiger partial charge on any atom is 0.243 e. The van der Waals surface area contributed by atoms with Gasteiger partial charge in [0.1, 0.15) is 5.82 Å². The predicted octanol–water partition coefficient (Wildman–Crippen LogP) is 1.84. The smallest absolute Gasteiger partial charge is 0.243 e. The molecule has 8 heteroatoms. The highest BCUT2D eigenvalue weighted by Gasteiger charge is 2.31. The first-order valence-electron chi connectivity index (χ1n) is 9.19. The summed E-state index contributed by atoms with van der Waals surface area (Å²) in [6.07, 6.45) is 0. The molecule has 0 saturated carbocycles. The number of hydrogen-bond acceptors (Lipinski definition) is 4. The summed E-state index contributed by atoms with van der Waals surface area (Å²) in [5.74, 6) is -0.558. The lowest BCUT2D eigenvalue weighted by molar-refractivity contribution is -0.126. The van der Waals surface area contributed by atoms with Gasteiger partial charge in [-0.3, -0.25) is 9.69 Å². The van der Waals surface area contributed by atoms with Gasteiger partial charge in [-0.1, -0.05) is 30.3 Å². The van der Waals surface area contributed by atoms with Crippen molar-refractivity contribution in [1.82, 2.24) is 14.5 Å². The lowest BCUT2D eigenvalue weighted by atomic mass is 10.2. The van der Waals surface area contributed by atoms with Crippen molar-refractivity contribution in [3.63, 3.8) is 0 Å². The van der Waals surface area contributed by atoms with Crippen molar-refractivity contribution in [3.05, 3.63) is 66.0 Å². The van der Waals surface area contributed by atoms with Gasteiger partial charge in [0.2, 0.25) is 15.9 Å². The minimum Gasteiger partial charge on any atom is -0.351 e. The Morgan fingerprint density at radius 2 is 1.64 bits per heavy atom. The van der Waals surface area contributed by atoms with E-state index in [-0.39, 0.29) is 29.9 Å². The molecule has 1 aliphatic heterocycles. The SMILES string of the molecule is C[C@@H](C(=O)NCc1ccccc1)N1CCN(S(=O)(=O)c2ccc(F)cc2)CC1. The molecule has 0 aliphatic carbocycles. The fourth-order valence-electron chi connectivity index (χ4n) is 3.19. The van der Waals surface area contributed by atoms with Crippen LogP contribution in [-0.4, -0.2) is 55.8 Å². The number of nitrogens with one attached hydrogen (secondary N) is 1. The molecule has 1 saturated heterocycles. The molecule has 1 atom stereocenters. The van der Waals surface area contributed by atoms with Crippen molar-refractivity contribution in [3.8, 4) is 0 Å². The van der Waals surface area contributed by atoms with E-state index in [1.165, 1.54) is 16.4 Å². The van der Waals surface area contributed by atoms with Crippen LogP contribution in [0.4, 0.5) is 4.39 Å². The van der Waals surface area contributed by atoms with E-state index in [4.69, 9.17) is 0 Å². The summed E-state index contributed by atoms with van der Waals surface area (Å²) < 4.78 is 39.8. The zero-order chi connectivity index (χ0) is 20.1. The molecular weight excluding hydrogens is 381 g/mol. The van der Waals surface area contributed by atoms with Crippen LogP contribution < -0.4 is 5.32 Å². The molecule has 1 fully saturated rings. The van der Waals surface area contributed by atoms with Crippen molar-refractivity contribution >= 4 is 15.9 Å². The normalized spacial score (nSPS) is 17.2. The molecule has 0 spiro atoms. The van der Waals surface area contributed by atoms with Gasteiger partial charge in [0.15, 0.2) is 0 Å². The number of carbonyl (C=O) groups is 1. The Morgan fingerprint density at radius 1 is 1.04 bits per heavy atom. The Balaban J connectivity index is 1.54. The third-order valence-corrected chi connectivity index (χ3v) is 6.87. The molecule has 0 unspecified atom stereocenters. The molecule has 28 heavy (non-hydrogen) atoms. The van der Waals surface area contributed by atoms with E-state index in [2.05, 4.69) is 5.32 Å². The molecule has 0 bridgehead atoms. The summed E-state index contributed by atoms with van der Waals surface area (Å²) in [6.45, 7) is 3.78. The number of carbonyl (C=O) groups excluding carboxylic acids is 1. The second-order valence-corrected chi connectivity index (χ2v) is 8.71. The average molecular weight is 405 g/mol. The molecule has 2 aromatic carbocycles. The van der Waals surface area contributed by atoms with Crippen molar-refractivity contribution in [2.45, 2.75) is 24.4 Å². The van der Waals surface area contributed by atoms with Crippen LogP contribution in [0, 0.1) is 5.82 Å². The van der Waals surface area contributed by atoms with Crippen LogP contribution in [0.5, 0.6) is 0 Å². The van der Waals surface area contributed by atoms with Crippen LogP contribution in [0.1, 0.15) is 12.5 Å². The van der Waals surface area contributed by atoms with E-state index < -0.39 is 15.8 Å². The Bertz CT molecular complexity index is 896. The number of hydrogen-bond donors (Lipinski definition) is 1. The highest BCUT2D eigenvalue weighted by molar-refractivity contribution is 7.89. The second kappa shape index (κ2) is 8.81. The molecule has 2 aromatic rings. The van der Waals surface area contributed by atoms with Gasteiger partial charge in [0.05, 0.1) is 10.9 Å². The molecule has 1 amide bonds. The first-order chi connectivity index (χ1) is 13.4. The molecular formula is C20H24FN3O3S. The van der Waals surface area contributed by atoms with Gasteiger partial charge in [-0.2, -0.15) is 4.31 Å². The quantitative estimate of drug-likeness (QED) is 0.796. The second-order valence-electron chi connectivity index (χ2n) is 6.77. The molecule has 1 N–H and O–H groups in total. The molecule has 0 radical (unpaired) electrons. The van der Waals surface area contributed by atoms with Crippen molar-refractivity contribution in [1.29, 1.82) is 0 Å². The Labute approximate surface area is 165 Å². The summed E-state index contributed by atoms with van der Waals surface area (Å²) in [6, 6.07) is 14.1. The monoisotopic (exact) mass is 405 g/mol. The Hall–Kier alpha value is -2.29. The van der Waals surface area contributed by atoms with E-state index in [1.807, 2.05) is 42.2 Å². The van der Waals surface area contributed by atoms with Gasteiger partial charge in [-0.15, -0.1) is 0 Å². The summed E-state index contributed by atoms with van der Waals surface area (Å²) in [7, 11) is -3.65. The van der Waals surface area contributed by atoms with Crippen molar-refractivity contribution < 1.29 is 17.6 Å². The predicted molar refractivity (Wildman–Crippen MR) is 104 cm³/mol. The fourth-order valence-corrected chi connectivity index (χ4v) is 4.61. The standard InChI is InChI=1S/C20H24FN3O3S/c1-16(20(25)22-15-17-5-3-2-4-6-17)23-11-13-24(14-12-23)28(26,27)19-9-7-18(21)8-10-19/h2-10,16H,11-15H2,1H3,(H,22,25)/t16-/m0/s1. The lowest BCUT2D eigenvalue weighted by Crippen LogP contribution is -2.54. The number of rotatable bonds is 6. The fraction of sp³-hybridized carbons (Fsp3) is 0.350. The summed E-state index contributed by atoms with van der Waals surface area (Å²) in [5, 5.41) is 2.92. The third-order valence-electron chi connectivity index (χ3n) is 4.96. The molecule has 1 aliphatic rings. The van der Waals surface area contributed by atoms with E-state index in [0.29, 0.717) is 19.6 Å². The number of benzene rings is 2. The zero-order valence-corrected chi connectivity index (χ0v) is 16.5. The molecule has 1 heterocycles. The summed E-state index contributed by atoms with van der Waals surface area (Å²) >= 11 is 0. The van der Waals surface area contributed by atoms with Gasteiger partial charge in [-0.25, -0.2) is 12.8 Å². The number of nitrogens with zero attached hydrogens (tertiary/aromatic N) is 2. The molecule has 6 nitrogen and oxygen atoms in total. The maximum absolute atomic E-state index is 13.1. The number of amides is 1. The minimum atomic E-state index is -3.65. The van der Waals surface area contributed by atoms with E-state index in [9.17, 15) is 17.6 Å². The summed E-state index contributed by atoms with van der Waals surface area (Å²) in [4.78, 5) is 14.5. The highest BCUT2D eigenvalue weighted by atomic mass is 32.2. The maximum atomic E-state index is 13.1. The summed E-state index contributed by atoms with van der Waals surface area (Å²) in [5.41, 5.74) is 1.03. The number of halogens is 1.